The van der Waals surface area contributed by atoms with E-state index >= 15 is 0 Å². The van der Waals surface area contributed by atoms with Crippen molar-refractivity contribution in [2.45, 2.75) is 20.3 Å². The van der Waals surface area contributed by atoms with E-state index in [9.17, 15) is 13.2 Å². The molecule has 0 aromatic heterocycles. The molecule has 12 heavy (non-hydrogen) atoms. The van der Waals surface area contributed by atoms with Gasteiger partial charge < -0.3 is 0 Å². The summed E-state index contributed by atoms with van der Waals surface area (Å²) < 4.78 is 23.1. The van der Waals surface area contributed by atoms with E-state index in [0.717, 1.165) is 6.26 Å². The molecule has 0 saturated heterocycles. The topological polar surface area (TPSA) is 63.2 Å². The van der Waals surface area contributed by atoms with Gasteiger partial charge in [0.25, 0.3) is 5.91 Å². The number of carbonyl (C=O) groups excluding carboxylic acids is 1. The van der Waals surface area contributed by atoms with Gasteiger partial charge in [0, 0.05) is 5.57 Å². The van der Waals surface area contributed by atoms with Gasteiger partial charge in [-0.15, -0.1) is 0 Å². The molecule has 4 nitrogen and oxygen atoms in total. The van der Waals surface area contributed by atoms with E-state index in [1.165, 1.54) is 0 Å². The number of amides is 1. The fourth-order valence-electron chi connectivity index (χ4n) is 0.730. The molecule has 0 radical (unpaired) electrons. The quantitative estimate of drug-likeness (QED) is 0.657. The van der Waals surface area contributed by atoms with Gasteiger partial charge in [-0.05, 0) is 13.3 Å². The molecule has 0 aliphatic heterocycles. The Kier molecular flexibility index (Phi) is 3.95. The van der Waals surface area contributed by atoms with Gasteiger partial charge >= 0.3 is 0 Å². The molecule has 0 saturated carbocycles. The fraction of sp³-hybridized carbons (Fsp3) is 0.571. The van der Waals surface area contributed by atoms with E-state index < -0.39 is 15.9 Å². The molecule has 0 aliphatic rings. The van der Waals surface area contributed by atoms with Gasteiger partial charge in [-0.25, -0.2) is 13.1 Å². The minimum Gasteiger partial charge on any atom is -0.269 e. The van der Waals surface area contributed by atoms with E-state index in [2.05, 4.69) is 0 Å². The number of hydrogen-bond acceptors (Lipinski definition) is 3. The molecule has 0 aliphatic carbocycles. The third kappa shape index (κ3) is 4.12. The Morgan fingerprint density at radius 2 is 2.00 bits per heavy atom. The van der Waals surface area contributed by atoms with Crippen molar-refractivity contribution in [3.63, 3.8) is 0 Å². The van der Waals surface area contributed by atoms with Gasteiger partial charge in [0.15, 0.2) is 0 Å². The molecule has 0 bridgehead atoms. The predicted octanol–water partition coefficient (Wildman–Crippen LogP) is 0.418. The van der Waals surface area contributed by atoms with Crippen molar-refractivity contribution >= 4 is 15.9 Å². The first kappa shape index (κ1) is 11.2. The Morgan fingerprint density at radius 1 is 1.50 bits per heavy atom. The van der Waals surface area contributed by atoms with Crippen molar-refractivity contribution in [1.82, 2.24) is 4.72 Å². The zero-order chi connectivity index (χ0) is 9.78. The molecule has 5 heteroatoms. The molecule has 0 aromatic carbocycles. The van der Waals surface area contributed by atoms with Crippen LogP contribution in [0.2, 0.25) is 0 Å². The van der Waals surface area contributed by atoms with Crippen LogP contribution in [0.15, 0.2) is 11.6 Å². The number of nitrogens with one attached hydrogen (secondary N) is 1. The van der Waals surface area contributed by atoms with Crippen LogP contribution in [0.1, 0.15) is 20.3 Å². The number of carbonyl (C=O) groups is 1. The third-order valence-corrected chi connectivity index (χ3v) is 1.86. The summed E-state index contributed by atoms with van der Waals surface area (Å²) in [5, 5.41) is 0. The normalized spacial score (nSPS) is 12.8. The van der Waals surface area contributed by atoms with Crippen LogP contribution in [-0.2, 0) is 14.8 Å². The summed E-state index contributed by atoms with van der Waals surface area (Å²) in [5.41, 5.74) is 0.473. The highest BCUT2D eigenvalue weighted by molar-refractivity contribution is 7.89. The Balaban J connectivity index is 4.43. The smallest absolute Gasteiger partial charge is 0.260 e. The average molecular weight is 191 g/mol. The number of allylic oxidation sites excluding steroid dienone is 1. The van der Waals surface area contributed by atoms with Crippen molar-refractivity contribution in [2.24, 2.45) is 0 Å². The molecule has 0 fully saturated rings. The second kappa shape index (κ2) is 4.25. The second-order valence-electron chi connectivity index (χ2n) is 2.37. The van der Waals surface area contributed by atoms with Gasteiger partial charge in [-0.1, -0.05) is 13.0 Å². The zero-order valence-corrected chi connectivity index (χ0v) is 8.23. The van der Waals surface area contributed by atoms with E-state index in [4.69, 9.17) is 0 Å². The van der Waals surface area contributed by atoms with Crippen molar-refractivity contribution in [3.8, 4) is 0 Å². The van der Waals surface area contributed by atoms with Crippen LogP contribution in [-0.4, -0.2) is 20.6 Å². The summed E-state index contributed by atoms with van der Waals surface area (Å²) >= 11 is 0. The Morgan fingerprint density at radius 3 is 2.25 bits per heavy atom. The first-order chi connectivity index (χ1) is 5.40. The molecule has 0 rings (SSSR count). The van der Waals surface area contributed by atoms with E-state index in [1.807, 2.05) is 4.72 Å². The van der Waals surface area contributed by atoms with Crippen molar-refractivity contribution in [1.29, 1.82) is 0 Å². The van der Waals surface area contributed by atoms with Crippen LogP contribution < -0.4 is 4.72 Å². The van der Waals surface area contributed by atoms with Crippen LogP contribution in [0.3, 0.4) is 0 Å². The summed E-state index contributed by atoms with van der Waals surface area (Å²) in [5.74, 6) is -0.539. The number of hydrogen-bond donors (Lipinski definition) is 1. The van der Waals surface area contributed by atoms with Gasteiger partial charge in [-0.2, -0.15) is 0 Å². The first-order valence-corrected chi connectivity index (χ1v) is 5.47. The molecule has 0 aromatic rings. The highest BCUT2D eigenvalue weighted by Crippen LogP contribution is 1.99. The van der Waals surface area contributed by atoms with Crippen LogP contribution in [0.4, 0.5) is 0 Å². The molecule has 70 valence electrons. The maximum Gasteiger partial charge on any atom is 0.260 e. The lowest BCUT2D eigenvalue weighted by Gasteiger charge is -2.03. The molecule has 0 spiro atoms. The molecule has 0 unspecified atom stereocenters. The zero-order valence-electron chi connectivity index (χ0n) is 7.42. The maximum atomic E-state index is 11.1. The summed E-state index contributed by atoms with van der Waals surface area (Å²) in [6.45, 7) is 3.48. The van der Waals surface area contributed by atoms with Gasteiger partial charge in [0.2, 0.25) is 10.0 Å². The highest BCUT2D eigenvalue weighted by Gasteiger charge is 2.10. The molecule has 1 N–H and O–H groups in total. The summed E-state index contributed by atoms with van der Waals surface area (Å²) in [6.07, 6.45) is 3.08. The largest absolute Gasteiger partial charge is 0.269 e. The molecular weight excluding hydrogens is 178 g/mol. The van der Waals surface area contributed by atoms with Crippen LogP contribution in [0, 0.1) is 0 Å². The van der Waals surface area contributed by atoms with Gasteiger partial charge in [0.1, 0.15) is 0 Å². The molecular formula is C7H13NO3S. The standard InChI is InChI=1S/C7H13NO3S/c1-4-6(5-2)7(9)8-12(3,10)11/h4H,5H2,1-3H3,(H,8,9)/b6-4+. The first-order valence-electron chi connectivity index (χ1n) is 3.58. The summed E-state index contributed by atoms with van der Waals surface area (Å²) in [6, 6.07) is 0. The lowest BCUT2D eigenvalue weighted by atomic mass is 10.2. The van der Waals surface area contributed by atoms with E-state index in [0.29, 0.717) is 12.0 Å². The predicted molar refractivity (Wildman–Crippen MR) is 47.0 cm³/mol. The minimum atomic E-state index is -3.43. The van der Waals surface area contributed by atoms with Crippen molar-refractivity contribution in [2.75, 3.05) is 6.26 Å². The molecule has 0 heterocycles. The average Bonchev–Trinajstić information content (AvgIpc) is 1.85. The fourth-order valence-corrected chi connectivity index (χ4v) is 1.20. The summed E-state index contributed by atoms with van der Waals surface area (Å²) in [7, 11) is -3.43. The highest BCUT2D eigenvalue weighted by atomic mass is 32.2. The SMILES string of the molecule is C/C=C(\CC)C(=O)NS(C)(=O)=O. The Labute approximate surface area is 72.7 Å². The molecule has 1 amide bonds. The van der Waals surface area contributed by atoms with Crippen LogP contribution in [0.25, 0.3) is 0 Å². The van der Waals surface area contributed by atoms with Gasteiger partial charge in [-0.3, -0.25) is 4.79 Å². The minimum absolute atomic E-state index is 0.473. The van der Waals surface area contributed by atoms with Crippen LogP contribution in [0.5, 0.6) is 0 Å². The lowest BCUT2D eigenvalue weighted by molar-refractivity contribution is -0.115. The number of sulfonamides is 1. The van der Waals surface area contributed by atoms with E-state index in [1.54, 1.807) is 19.9 Å². The number of rotatable bonds is 3. The second-order valence-corrected chi connectivity index (χ2v) is 4.12. The Hall–Kier alpha value is -0.840. The van der Waals surface area contributed by atoms with Crippen molar-refractivity contribution in [3.05, 3.63) is 11.6 Å². The van der Waals surface area contributed by atoms with Crippen molar-refractivity contribution < 1.29 is 13.2 Å². The van der Waals surface area contributed by atoms with E-state index in [-0.39, 0.29) is 0 Å². The van der Waals surface area contributed by atoms with Gasteiger partial charge in [0.05, 0.1) is 6.26 Å². The Bertz CT molecular complexity index is 290. The molecule has 0 atom stereocenters. The maximum absolute atomic E-state index is 11.1. The lowest BCUT2D eigenvalue weighted by Crippen LogP contribution is -2.30. The third-order valence-electron chi connectivity index (χ3n) is 1.30. The summed E-state index contributed by atoms with van der Waals surface area (Å²) in [4.78, 5) is 11.1. The monoisotopic (exact) mass is 191 g/mol. The van der Waals surface area contributed by atoms with Crippen LogP contribution >= 0.6 is 0 Å².